The first-order chi connectivity index (χ1) is 26.2. The molecule has 0 saturated carbocycles. The summed E-state index contributed by atoms with van der Waals surface area (Å²) in [6.45, 7) is 16.9. The van der Waals surface area contributed by atoms with Crippen LogP contribution in [0.15, 0.2) is 158 Å². The van der Waals surface area contributed by atoms with Crippen LogP contribution in [0.25, 0.3) is 33.6 Å². The molecule has 286 valence electrons. The summed E-state index contributed by atoms with van der Waals surface area (Å²) in [4.78, 5) is 7.26. The van der Waals surface area contributed by atoms with Crippen LogP contribution in [0.3, 0.4) is 0 Å². The molecule has 0 aliphatic heterocycles. The van der Waals surface area contributed by atoms with Gasteiger partial charge in [0, 0.05) is 16.7 Å². The normalized spacial score (nSPS) is 11.5. The van der Waals surface area contributed by atoms with Gasteiger partial charge in [0.15, 0.2) is 0 Å². The molecule has 5 heteroatoms. The van der Waals surface area contributed by atoms with Gasteiger partial charge in [0.05, 0.1) is 0 Å². The smallest absolute Gasteiger partial charge is 0.345 e. The van der Waals surface area contributed by atoms with Crippen molar-refractivity contribution in [2.24, 2.45) is 0 Å². The summed E-state index contributed by atoms with van der Waals surface area (Å²) in [5.74, 6) is 0. The minimum atomic E-state index is -2.30. The van der Waals surface area contributed by atoms with Crippen LogP contribution in [0.1, 0.15) is 52.7 Å². The van der Waals surface area contributed by atoms with Crippen LogP contribution in [-0.2, 0) is 37.8 Å². The van der Waals surface area contributed by atoms with E-state index in [-0.39, 0.29) is 33.2 Å². The molecule has 0 radical (unpaired) electrons. The predicted octanol–water partition coefficient (Wildman–Crippen LogP) is 13.5. The molecule has 0 aliphatic carbocycles. The summed E-state index contributed by atoms with van der Waals surface area (Å²) in [6, 6.07) is 63.7. The first kappa shape index (κ1) is 42.4. The summed E-state index contributed by atoms with van der Waals surface area (Å²) >= 11 is 0. The van der Waals surface area contributed by atoms with Crippen LogP contribution in [0.2, 0.25) is 0 Å². The molecule has 0 amide bonds. The number of hydrogen-bond donors (Lipinski definition) is 0. The van der Waals surface area contributed by atoms with Gasteiger partial charge in [-0.2, -0.15) is 18.2 Å². The van der Waals surface area contributed by atoms with E-state index < -0.39 is 7.14 Å². The zero-order valence-corrected chi connectivity index (χ0v) is 36.6. The zero-order valence-electron chi connectivity index (χ0n) is 33.6. The molecule has 56 heavy (non-hydrogen) atoms. The third-order valence-electron chi connectivity index (χ3n) is 9.54. The molecule has 6 aromatic carbocycles. The third kappa shape index (κ3) is 10.8. The van der Waals surface area contributed by atoms with Gasteiger partial charge in [-0.15, -0.1) is 82.9 Å². The van der Waals surface area contributed by atoms with Gasteiger partial charge >= 0.3 is 22.4 Å². The van der Waals surface area contributed by atoms with Crippen molar-refractivity contribution in [3.63, 3.8) is 0 Å². The van der Waals surface area contributed by atoms with E-state index in [1.807, 2.05) is 36.4 Å². The van der Waals surface area contributed by atoms with Gasteiger partial charge < -0.3 is 14.4 Å². The van der Waals surface area contributed by atoms with Crippen LogP contribution in [0.5, 0.6) is 0 Å². The van der Waals surface area contributed by atoms with Gasteiger partial charge in [-0.3, -0.25) is 0 Å². The van der Waals surface area contributed by atoms with Crippen LogP contribution < -0.4 is 10.2 Å². The largest absolute Gasteiger partial charge is 3.00 e. The number of nitrogens with zero attached hydrogens (tertiary/aromatic N) is 2. The second-order valence-electron chi connectivity index (χ2n) is 16.3. The average molecular weight is 935 g/mol. The number of para-hydroxylation sites is 2. The van der Waals surface area contributed by atoms with Crippen LogP contribution in [0.4, 0.5) is 17.1 Å². The minimum absolute atomic E-state index is 0. The summed E-state index contributed by atoms with van der Waals surface area (Å²) in [5, 5.41) is 0.887. The van der Waals surface area contributed by atoms with E-state index in [2.05, 4.69) is 186 Å². The Labute approximate surface area is 350 Å². The van der Waals surface area contributed by atoms with Gasteiger partial charge in [0.1, 0.15) is 7.14 Å². The first-order valence-corrected chi connectivity index (χ1v) is 21.4. The number of rotatable bonds is 7. The molecule has 0 atom stereocenters. The third-order valence-corrected chi connectivity index (χ3v) is 11.1. The molecule has 7 aromatic rings. The quantitative estimate of drug-likeness (QED) is 0.0907. The van der Waals surface area contributed by atoms with Crippen molar-refractivity contribution in [2.45, 2.75) is 52.4 Å². The Bertz CT molecular complexity index is 2170. The van der Waals surface area contributed by atoms with Crippen LogP contribution >= 0.6 is 7.14 Å². The first-order valence-electron chi connectivity index (χ1n) is 18.8. The van der Waals surface area contributed by atoms with Crippen molar-refractivity contribution >= 4 is 29.5 Å². The standard InChI is InChI=1S/C33H36NOP.C18H14N.Au/c1-32(2,3)27-15-9-24(10-16-27)30-21-26(23-13-19-29(20-14-23)36(7,8)35)22-31(34-30)25-11-17-28(18-12-25)33(4,5)6;1-4-10-16(11-5-1)19(17-12-6-2-7-13-17)18-14-8-3-9-15-18;/h9,11,13-22H,1-8H3;1-2,4-15H;/q-2;-1;+3. The minimum Gasteiger partial charge on any atom is -0.345 e. The van der Waals surface area contributed by atoms with Crippen molar-refractivity contribution < 1.29 is 26.9 Å². The molecule has 0 saturated heterocycles. The number of anilines is 3. The average Bonchev–Trinajstić information content (AvgIpc) is 3.18. The van der Waals surface area contributed by atoms with Gasteiger partial charge in [-0.25, -0.2) is 0 Å². The molecular weight excluding hydrogens is 885 g/mol. The maximum Gasteiger partial charge on any atom is 3.00 e. The maximum absolute atomic E-state index is 12.5. The van der Waals surface area contributed by atoms with E-state index in [0.29, 0.717) is 0 Å². The number of aromatic nitrogens is 1. The Hall–Kier alpha value is -4.76. The van der Waals surface area contributed by atoms with Crippen LogP contribution in [-0.4, -0.2) is 18.3 Å². The maximum atomic E-state index is 12.5. The fraction of sp³-hybridized carbons (Fsp3) is 0.196. The van der Waals surface area contributed by atoms with Crippen molar-refractivity contribution in [3.8, 4) is 33.6 Å². The molecule has 1 heterocycles. The summed E-state index contributed by atoms with van der Waals surface area (Å²) < 4.78 is 12.5. The molecule has 0 bridgehead atoms. The second kappa shape index (κ2) is 18.0. The van der Waals surface area contributed by atoms with E-state index in [4.69, 9.17) is 4.98 Å². The number of benzene rings is 6. The van der Waals surface area contributed by atoms with Gasteiger partial charge in [-0.1, -0.05) is 120 Å². The van der Waals surface area contributed by atoms with Gasteiger partial charge in [0.25, 0.3) is 0 Å². The molecule has 0 unspecified atom stereocenters. The summed E-state index contributed by atoms with van der Waals surface area (Å²) in [5.41, 5.74) is 11.9. The number of pyridine rings is 1. The second-order valence-corrected chi connectivity index (χ2v) is 19.5. The molecule has 1 aromatic heterocycles. The molecule has 0 aliphatic rings. The van der Waals surface area contributed by atoms with Crippen LogP contribution in [0, 0.1) is 18.2 Å². The van der Waals surface area contributed by atoms with E-state index >= 15 is 0 Å². The van der Waals surface area contributed by atoms with E-state index in [9.17, 15) is 4.57 Å². The fourth-order valence-corrected chi connectivity index (χ4v) is 7.08. The van der Waals surface area contributed by atoms with E-state index in [1.54, 1.807) is 13.3 Å². The molecular formula is C51H50AuN2OP. The molecule has 0 N–H and O–H groups in total. The Balaban J connectivity index is 0.000000252. The van der Waals surface area contributed by atoms with Crippen molar-refractivity contribution in [1.82, 2.24) is 4.98 Å². The summed E-state index contributed by atoms with van der Waals surface area (Å²) in [6.07, 6.45) is 0. The fourth-order valence-electron chi connectivity index (χ4n) is 6.22. The van der Waals surface area contributed by atoms with Crippen molar-refractivity contribution in [3.05, 3.63) is 187 Å². The Kier molecular flexibility index (Phi) is 13.6. The Morgan fingerprint density at radius 2 is 0.964 bits per heavy atom. The molecule has 3 nitrogen and oxygen atoms in total. The van der Waals surface area contributed by atoms with Gasteiger partial charge in [0.2, 0.25) is 0 Å². The Morgan fingerprint density at radius 1 is 0.536 bits per heavy atom. The monoisotopic (exact) mass is 934 g/mol. The molecule has 7 rings (SSSR count). The van der Waals surface area contributed by atoms with Crippen molar-refractivity contribution in [1.29, 1.82) is 0 Å². The predicted molar refractivity (Wildman–Crippen MR) is 235 cm³/mol. The zero-order chi connectivity index (χ0) is 39.2. The van der Waals surface area contributed by atoms with Gasteiger partial charge in [-0.05, 0) is 70.9 Å². The number of hydrogen-bond acceptors (Lipinski definition) is 3. The topological polar surface area (TPSA) is 33.2 Å². The van der Waals surface area contributed by atoms with E-state index in [1.165, 1.54) is 11.1 Å². The summed E-state index contributed by atoms with van der Waals surface area (Å²) in [7, 11) is -2.30. The molecule has 0 spiro atoms. The van der Waals surface area contributed by atoms with E-state index in [0.717, 1.165) is 56.0 Å². The van der Waals surface area contributed by atoms with Crippen molar-refractivity contribution in [2.75, 3.05) is 18.2 Å². The Morgan fingerprint density at radius 3 is 1.34 bits per heavy atom. The SMILES string of the molecule is CC(C)(C)c1c[c-]c(-c2cc(-c3ccc(P(C)(C)=O)cc3)cc(-c3[c-]cc(C(C)(C)C)cc3)n2)cc1.[Au+3].[c-]1ccc(N(c2ccccc2)c2ccccc2)cc1. The molecule has 0 fully saturated rings.